The van der Waals surface area contributed by atoms with Crippen LogP contribution in [0.3, 0.4) is 0 Å². The van der Waals surface area contributed by atoms with E-state index in [1.807, 2.05) is 0 Å². The number of esters is 1. The molecule has 0 aliphatic carbocycles. The van der Waals surface area contributed by atoms with Gasteiger partial charge in [0.2, 0.25) is 0 Å². The Bertz CT molecular complexity index is 1120. The van der Waals surface area contributed by atoms with E-state index in [-0.39, 0.29) is 5.78 Å². The fraction of sp³-hybridized carbons (Fsp3) is 0.267. The van der Waals surface area contributed by atoms with Gasteiger partial charge < -0.3 is 9.47 Å². The quantitative estimate of drug-likeness (QED) is 0.0796. The summed E-state index contributed by atoms with van der Waals surface area (Å²) in [6.45, 7) is 2.90. The third-order valence-corrected chi connectivity index (χ3v) is 5.84. The Balaban J connectivity index is 1.46. The maximum absolute atomic E-state index is 12.5. The molecule has 0 spiro atoms. The van der Waals surface area contributed by atoms with Crippen LogP contribution in [0.5, 0.6) is 11.5 Å². The molecule has 3 aromatic carbocycles. The normalized spacial score (nSPS) is 10.9. The van der Waals surface area contributed by atoms with Crippen molar-refractivity contribution in [3.05, 3.63) is 101 Å². The highest BCUT2D eigenvalue weighted by Gasteiger charge is 2.09. The van der Waals surface area contributed by atoms with Crippen molar-refractivity contribution in [1.29, 1.82) is 0 Å². The van der Waals surface area contributed by atoms with Gasteiger partial charge in [-0.05, 0) is 66.6 Å². The summed E-state index contributed by atoms with van der Waals surface area (Å²) in [6, 6.07) is 20.8. The summed E-state index contributed by atoms with van der Waals surface area (Å²) < 4.78 is 11.2. The van der Waals surface area contributed by atoms with E-state index in [4.69, 9.17) is 21.1 Å². The van der Waals surface area contributed by atoms with Gasteiger partial charge in [-0.25, -0.2) is 4.79 Å². The molecule has 0 fully saturated rings. The average Bonchev–Trinajstić information content (AvgIpc) is 2.88. The van der Waals surface area contributed by atoms with Gasteiger partial charge in [0, 0.05) is 5.56 Å². The number of carbonyl (C=O) groups is 2. The smallest absolute Gasteiger partial charge is 0.343 e. The number of ether oxygens (including phenoxy) is 2. The van der Waals surface area contributed by atoms with Crippen molar-refractivity contribution >= 4 is 29.4 Å². The van der Waals surface area contributed by atoms with Crippen LogP contribution in [-0.2, 0) is 0 Å². The number of unbranched alkanes of at least 4 members (excludes halogenated alkanes) is 5. The molecule has 3 aromatic rings. The Morgan fingerprint density at radius 1 is 0.800 bits per heavy atom. The number of benzene rings is 3. The Hall–Kier alpha value is -3.37. The second-order valence-electron chi connectivity index (χ2n) is 8.28. The lowest BCUT2D eigenvalue weighted by molar-refractivity contribution is 0.0734. The zero-order valence-electron chi connectivity index (χ0n) is 20.0. The van der Waals surface area contributed by atoms with Gasteiger partial charge in [0.05, 0.1) is 17.2 Å². The van der Waals surface area contributed by atoms with Gasteiger partial charge in [-0.2, -0.15) is 0 Å². The molecule has 0 heterocycles. The number of hydrogen-bond acceptors (Lipinski definition) is 4. The van der Waals surface area contributed by atoms with Crippen LogP contribution in [0.4, 0.5) is 0 Å². The van der Waals surface area contributed by atoms with Crippen molar-refractivity contribution in [3.63, 3.8) is 0 Å². The van der Waals surface area contributed by atoms with E-state index in [0.29, 0.717) is 28.5 Å². The highest BCUT2D eigenvalue weighted by Crippen LogP contribution is 2.19. The number of allylic oxidation sites excluding steroid dienone is 1. The first-order valence-electron chi connectivity index (χ1n) is 12.1. The summed E-state index contributed by atoms with van der Waals surface area (Å²) in [7, 11) is 0. The Kier molecular flexibility index (Phi) is 10.6. The third kappa shape index (κ3) is 8.73. The highest BCUT2D eigenvalue weighted by atomic mass is 35.5. The predicted octanol–water partition coefficient (Wildman–Crippen LogP) is 8.19. The lowest BCUT2D eigenvalue weighted by atomic mass is 10.1. The largest absolute Gasteiger partial charge is 0.494 e. The predicted molar refractivity (Wildman–Crippen MR) is 142 cm³/mol. The Morgan fingerprint density at radius 3 is 2.17 bits per heavy atom. The molecule has 0 saturated heterocycles. The fourth-order valence-electron chi connectivity index (χ4n) is 3.50. The lowest BCUT2D eigenvalue weighted by Crippen LogP contribution is -2.08. The maximum atomic E-state index is 12.5. The van der Waals surface area contributed by atoms with Crippen LogP contribution in [0.15, 0.2) is 78.9 Å². The molecule has 0 bridgehead atoms. The van der Waals surface area contributed by atoms with Crippen LogP contribution in [0.2, 0.25) is 5.02 Å². The molecule has 0 saturated carbocycles. The summed E-state index contributed by atoms with van der Waals surface area (Å²) in [4.78, 5) is 24.8. The number of halogens is 1. The topological polar surface area (TPSA) is 52.6 Å². The van der Waals surface area contributed by atoms with Crippen molar-refractivity contribution in [3.8, 4) is 11.5 Å². The van der Waals surface area contributed by atoms with E-state index in [1.165, 1.54) is 38.2 Å². The van der Waals surface area contributed by atoms with E-state index < -0.39 is 5.97 Å². The number of ketones is 1. The monoisotopic (exact) mass is 490 g/mol. The zero-order chi connectivity index (χ0) is 24.9. The van der Waals surface area contributed by atoms with Gasteiger partial charge in [0.25, 0.3) is 0 Å². The zero-order valence-corrected chi connectivity index (χ0v) is 20.8. The molecule has 4 nitrogen and oxygen atoms in total. The molecule has 0 aromatic heterocycles. The van der Waals surface area contributed by atoms with Gasteiger partial charge in [0.15, 0.2) is 5.78 Å². The molecule has 0 radical (unpaired) electrons. The van der Waals surface area contributed by atoms with Gasteiger partial charge in [0.1, 0.15) is 11.5 Å². The third-order valence-electron chi connectivity index (χ3n) is 5.51. The average molecular weight is 491 g/mol. The summed E-state index contributed by atoms with van der Waals surface area (Å²) in [5.74, 6) is 0.556. The van der Waals surface area contributed by atoms with Crippen molar-refractivity contribution in [2.45, 2.75) is 45.4 Å². The second kappa shape index (κ2) is 14.1. The van der Waals surface area contributed by atoms with Crippen LogP contribution in [-0.4, -0.2) is 18.4 Å². The van der Waals surface area contributed by atoms with Crippen LogP contribution in [0.1, 0.15) is 71.7 Å². The lowest BCUT2D eigenvalue weighted by Gasteiger charge is -2.08. The summed E-state index contributed by atoms with van der Waals surface area (Å²) >= 11 is 6.07. The van der Waals surface area contributed by atoms with Gasteiger partial charge >= 0.3 is 5.97 Å². The molecule has 0 aliphatic rings. The first-order valence-corrected chi connectivity index (χ1v) is 12.5. The van der Waals surface area contributed by atoms with E-state index in [9.17, 15) is 9.59 Å². The van der Waals surface area contributed by atoms with Crippen molar-refractivity contribution in [2.24, 2.45) is 0 Å². The minimum Gasteiger partial charge on any atom is -0.494 e. The fourth-order valence-corrected chi connectivity index (χ4v) is 3.72. The van der Waals surface area contributed by atoms with E-state index in [1.54, 1.807) is 78.9 Å². The molecule has 0 N–H and O–H groups in total. The molecule has 0 aliphatic heterocycles. The van der Waals surface area contributed by atoms with E-state index in [2.05, 4.69) is 6.92 Å². The van der Waals surface area contributed by atoms with Crippen LogP contribution >= 0.6 is 11.6 Å². The minimum atomic E-state index is -0.440. The molecule has 35 heavy (non-hydrogen) atoms. The molecular formula is C30H31ClO4. The molecule has 182 valence electrons. The highest BCUT2D eigenvalue weighted by molar-refractivity contribution is 6.34. The Morgan fingerprint density at radius 2 is 1.46 bits per heavy atom. The molecule has 0 unspecified atom stereocenters. The van der Waals surface area contributed by atoms with Gasteiger partial charge in [-0.3, -0.25) is 4.79 Å². The van der Waals surface area contributed by atoms with Crippen LogP contribution < -0.4 is 9.47 Å². The van der Waals surface area contributed by atoms with Crippen molar-refractivity contribution in [1.82, 2.24) is 0 Å². The summed E-state index contributed by atoms with van der Waals surface area (Å²) in [5, 5.41) is 0.418. The molecule has 3 rings (SSSR count). The molecule has 0 atom stereocenters. The number of rotatable bonds is 13. The van der Waals surface area contributed by atoms with E-state index in [0.717, 1.165) is 17.7 Å². The molecule has 5 heteroatoms. The molecule has 0 amide bonds. The summed E-state index contributed by atoms with van der Waals surface area (Å²) in [5.41, 5.74) is 1.71. The van der Waals surface area contributed by atoms with Crippen LogP contribution in [0.25, 0.3) is 6.08 Å². The van der Waals surface area contributed by atoms with Crippen LogP contribution in [0, 0.1) is 0 Å². The number of hydrogen-bond donors (Lipinski definition) is 0. The van der Waals surface area contributed by atoms with Gasteiger partial charge in [-0.1, -0.05) is 81.0 Å². The summed E-state index contributed by atoms with van der Waals surface area (Å²) in [6.07, 6.45) is 10.5. The van der Waals surface area contributed by atoms with Crippen molar-refractivity contribution < 1.29 is 19.1 Å². The number of carbonyl (C=O) groups excluding carboxylic acids is 2. The second-order valence-corrected chi connectivity index (χ2v) is 8.68. The Labute approximate surface area is 212 Å². The SMILES string of the molecule is CCCCCCCCOc1ccc(C(=O)Oc2ccc(/C=C/C(=O)c3ccccc3Cl)cc2)cc1. The first-order chi connectivity index (χ1) is 17.1. The minimum absolute atomic E-state index is 0.175. The van der Waals surface area contributed by atoms with Crippen molar-refractivity contribution in [2.75, 3.05) is 6.61 Å². The standard InChI is InChI=1S/C30H31ClO4/c1-2-3-4-5-6-9-22-34-25-19-15-24(16-20-25)30(33)35-26-17-12-23(13-18-26)14-21-29(32)27-10-7-8-11-28(27)31/h7-8,10-21H,2-6,9,22H2,1H3/b21-14+. The maximum Gasteiger partial charge on any atom is 0.343 e. The first kappa shape index (κ1) is 26.2. The molecular weight excluding hydrogens is 460 g/mol. The van der Waals surface area contributed by atoms with Gasteiger partial charge in [-0.15, -0.1) is 0 Å². The van der Waals surface area contributed by atoms with E-state index >= 15 is 0 Å².